The van der Waals surface area contributed by atoms with Gasteiger partial charge in [-0.3, -0.25) is 5.32 Å². The van der Waals surface area contributed by atoms with Gasteiger partial charge in [-0.05, 0) is 68.0 Å². The number of fused-ring (bicyclic) bond motifs is 1. The molecule has 1 aromatic carbocycles. The van der Waals surface area contributed by atoms with Crippen LogP contribution in [0.5, 0.6) is 0 Å². The number of hydrogen-bond acceptors (Lipinski definition) is 7. The quantitative estimate of drug-likeness (QED) is 0.452. The number of benzene rings is 1. The monoisotopic (exact) mass is 409 g/mol. The Bertz CT molecular complexity index is 804. The Morgan fingerprint density at radius 1 is 1.22 bits per heavy atom. The topological polar surface area (TPSA) is 82.0 Å². The van der Waals surface area contributed by atoms with Crippen LogP contribution in [0, 0.1) is 5.92 Å². The molecule has 148 valence electrons. The molecule has 6 nitrogen and oxygen atoms in total. The van der Waals surface area contributed by atoms with Gasteiger partial charge in [-0.1, -0.05) is 5.16 Å². The lowest BCUT2D eigenvalue weighted by Gasteiger charge is -2.39. The molecule has 0 spiro atoms. The standard InChI is InChI=1S/C19H27N3O3S2/c1-27(24,25)15-7-5-14(6-8-15)22-11-10-13-4-9-16(20-19(13)22)18(21-23)17-3-2-12-26-17/h5-8,13,16-17,19-20,23H,2-4,9-12H2,1H3/b21-18+. The van der Waals surface area contributed by atoms with Gasteiger partial charge in [0.05, 0.1) is 22.8 Å². The second-order valence-corrected chi connectivity index (χ2v) is 11.1. The molecule has 3 aliphatic rings. The van der Waals surface area contributed by atoms with Crippen molar-refractivity contribution in [1.29, 1.82) is 0 Å². The molecular formula is C19H27N3O3S2. The first-order valence-electron chi connectivity index (χ1n) is 9.63. The number of thioether (sulfide) groups is 1. The Labute approximate surface area is 165 Å². The Morgan fingerprint density at radius 2 is 2.00 bits per heavy atom. The number of nitrogens with zero attached hydrogens (tertiary/aromatic N) is 2. The molecule has 0 saturated carbocycles. The Balaban J connectivity index is 1.51. The first-order chi connectivity index (χ1) is 13.0. The van der Waals surface area contributed by atoms with Crippen LogP contribution in [-0.4, -0.2) is 55.3 Å². The molecule has 27 heavy (non-hydrogen) atoms. The fourth-order valence-electron chi connectivity index (χ4n) is 4.63. The van der Waals surface area contributed by atoms with E-state index in [0.717, 1.165) is 49.4 Å². The van der Waals surface area contributed by atoms with E-state index in [9.17, 15) is 13.6 Å². The molecule has 4 atom stereocenters. The Hall–Kier alpha value is -1.25. The van der Waals surface area contributed by atoms with Gasteiger partial charge < -0.3 is 10.1 Å². The minimum atomic E-state index is -3.18. The predicted molar refractivity (Wildman–Crippen MR) is 110 cm³/mol. The van der Waals surface area contributed by atoms with Crippen molar-refractivity contribution >= 4 is 33.0 Å². The SMILES string of the molecule is CS(=O)(=O)c1ccc(N2CCC3CCC(/C(=N\O)C4CCCS4)NC32)cc1. The Kier molecular flexibility index (Phi) is 5.40. The van der Waals surface area contributed by atoms with Crippen LogP contribution < -0.4 is 10.2 Å². The zero-order valence-electron chi connectivity index (χ0n) is 15.5. The third-order valence-corrected chi connectivity index (χ3v) is 8.58. The summed E-state index contributed by atoms with van der Waals surface area (Å²) in [6.07, 6.45) is 6.98. The van der Waals surface area contributed by atoms with E-state index in [1.54, 1.807) is 12.1 Å². The minimum absolute atomic E-state index is 0.114. The summed E-state index contributed by atoms with van der Waals surface area (Å²) in [4.78, 5) is 2.68. The molecule has 0 radical (unpaired) electrons. The van der Waals surface area contributed by atoms with Gasteiger partial charge in [0.1, 0.15) is 0 Å². The summed E-state index contributed by atoms with van der Waals surface area (Å²) in [5.41, 5.74) is 1.94. The van der Waals surface area contributed by atoms with Crippen LogP contribution in [-0.2, 0) is 9.84 Å². The van der Waals surface area contributed by atoms with Crippen molar-refractivity contribution in [3.63, 3.8) is 0 Å². The van der Waals surface area contributed by atoms with Crippen LogP contribution in [0.25, 0.3) is 0 Å². The van der Waals surface area contributed by atoms with Crippen molar-refractivity contribution in [1.82, 2.24) is 5.32 Å². The van der Waals surface area contributed by atoms with Crippen LogP contribution >= 0.6 is 11.8 Å². The molecule has 8 heteroatoms. The van der Waals surface area contributed by atoms with E-state index in [1.807, 2.05) is 23.9 Å². The Morgan fingerprint density at radius 3 is 2.63 bits per heavy atom. The molecule has 0 aromatic heterocycles. The van der Waals surface area contributed by atoms with E-state index in [-0.39, 0.29) is 12.2 Å². The molecule has 0 aliphatic carbocycles. The largest absolute Gasteiger partial charge is 0.411 e. The van der Waals surface area contributed by atoms with Crippen LogP contribution in [0.3, 0.4) is 0 Å². The molecule has 1 aromatic rings. The fourth-order valence-corrected chi connectivity index (χ4v) is 6.60. The van der Waals surface area contributed by atoms with Crippen molar-refractivity contribution in [2.75, 3.05) is 23.5 Å². The summed E-state index contributed by atoms with van der Waals surface area (Å²) in [6.45, 7) is 0.955. The van der Waals surface area contributed by atoms with Gasteiger partial charge in [0.15, 0.2) is 9.84 Å². The maximum atomic E-state index is 11.7. The predicted octanol–water partition coefficient (Wildman–Crippen LogP) is 2.72. The molecular weight excluding hydrogens is 382 g/mol. The lowest BCUT2D eigenvalue weighted by Crippen LogP contribution is -2.56. The minimum Gasteiger partial charge on any atom is -0.411 e. The maximum absolute atomic E-state index is 11.7. The molecule has 0 bridgehead atoms. The first kappa shape index (κ1) is 19.1. The van der Waals surface area contributed by atoms with Crippen LogP contribution in [0.15, 0.2) is 34.3 Å². The van der Waals surface area contributed by atoms with Gasteiger partial charge in [-0.25, -0.2) is 8.42 Å². The average molecular weight is 410 g/mol. The number of hydrogen-bond donors (Lipinski definition) is 2. The zero-order chi connectivity index (χ0) is 19.0. The summed E-state index contributed by atoms with van der Waals surface area (Å²) < 4.78 is 23.4. The van der Waals surface area contributed by atoms with Crippen molar-refractivity contribution in [2.45, 2.75) is 54.5 Å². The van der Waals surface area contributed by atoms with Crippen LogP contribution in [0.2, 0.25) is 0 Å². The van der Waals surface area contributed by atoms with Gasteiger partial charge in [0, 0.05) is 23.7 Å². The fraction of sp³-hybridized carbons (Fsp3) is 0.632. The van der Waals surface area contributed by atoms with Crippen LogP contribution in [0.1, 0.15) is 32.1 Å². The second kappa shape index (κ2) is 7.64. The molecule has 0 amide bonds. The van der Waals surface area contributed by atoms with Crippen molar-refractivity contribution in [2.24, 2.45) is 11.1 Å². The first-order valence-corrected chi connectivity index (χ1v) is 12.6. The smallest absolute Gasteiger partial charge is 0.175 e. The molecule has 3 fully saturated rings. The summed E-state index contributed by atoms with van der Waals surface area (Å²) >= 11 is 1.89. The highest BCUT2D eigenvalue weighted by Gasteiger charge is 2.41. The summed E-state index contributed by atoms with van der Waals surface area (Å²) in [6, 6.07) is 7.29. The van der Waals surface area contributed by atoms with E-state index in [0.29, 0.717) is 16.1 Å². The number of rotatable bonds is 4. The van der Waals surface area contributed by atoms with Gasteiger partial charge in [-0.15, -0.1) is 0 Å². The van der Waals surface area contributed by atoms with E-state index in [1.165, 1.54) is 12.7 Å². The number of piperidine rings is 1. The number of nitrogens with one attached hydrogen (secondary N) is 1. The number of sulfone groups is 1. The lowest BCUT2D eigenvalue weighted by atomic mass is 9.88. The van der Waals surface area contributed by atoms with Gasteiger partial charge in [0.2, 0.25) is 0 Å². The molecule has 2 N–H and O–H groups in total. The summed E-state index contributed by atoms with van der Waals surface area (Å²) in [5.74, 6) is 1.72. The number of oxime groups is 1. The maximum Gasteiger partial charge on any atom is 0.175 e. The molecule has 4 unspecified atom stereocenters. The van der Waals surface area contributed by atoms with Crippen molar-refractivity contribution < 1.29 is 13.6 Å². The van der Waals surface area contributed by atoms with Gasteiger partial charge in [0.25, 0.3) is 0 Å². The van der Waals surface area contributed by atoms with Crippen molar-refractivity contribution in [3.05, 3.63) is 24.3 Å². The molecule has 3 aliphatic heterocycles. The van der Waals surface area contributed by atoms with Crippen molar-refractivity contribution in [3.8, 4) is 0 Å². The van der Waals surface area contributed by atoms with E-state index in [4.69, 9.17) is 0 Å². The zero-order valence-corrected chi connectivity index (χ0v) is 17.2. The molecule has 3 heterocycles. The summed E-state index contributed by atoms with van der Waals surface area (Å²) in [5, 5.41) is 17.4. The van der Waals surface area contributed by atoms with Crippen LogP contribution in [0.4, 0.5) is 5.69 Å². The molecule has 4 rings (SSSR count). The van der Waals surface area contributed by atoms with E-state index >= 15 is 0 Å². The third-order valence-electron chi connectivity index (χ3n) is 6.05. The highest BCUT2D eigenvalue weighted by Crippen LogP contribution is 2.37. The normalized spacial score (nSPS) is 31.9. The van der Waals surface area contributed by atoms with E-state index in [2.05, 4.69) is 15.4 Å². The average Bonchev–Trinajstić information content (AvgIpc) is 3.31. The molecule has 3 saturated heterocycles. The highest BCUT2D eigenvalue weighted by molar-refractivity contribution is 8.00. The number of anilines is 1. The lowest BCUT2D eigenvalue weighted by molar-refractivity contribution is 0.278. The third kappa shape index (κ3) is 3.84. The highest BCUT2D eigenvalue weighted by atomic mass is 32.2. The van der Waals surface area contributed by atoms with Gasteiger partial charge in [-0.2, -0.15) is 11.8 Å². The second-order valence-electron chi connectivity index (χ2n) is 7.78. The summed E-state index contributed by atoms with van der Waals surface area (Å²) in [7, 11) is -3.18. The van der Waals surface area contributed by atoms with Gasteiger partial charge >= 0.3 is 0 Å². The van der Waals surface area contributed by atoms with E-state index < -0.39 is 9.84 Å².